The Morgan fingerprint density at radius 2 is 1.72 bits per heavy atom. The molecule has 0 bridgehead atoms. The lowest BCUT2D eigenvalue weighted by Gasteiger charge is -2.44. The van der Waals surface area contributed by atoms with Crippen molar-refractivity contribution in [3.63, 3.8) is 0 Å². The lowest BCUT2D eigenvalue weighted by Crippen LogP contribution is -2.65. The third-order valence-electron chi connectivity index (χ3n) is 11.2. The Labute approximate surface area is 373 Å². The van der Waals surface area contributed by atoms with Crippen molar-refractivity contribution in [1.82, 2.24) is 31.2 Å². The van der Waals surface area contributed by atoms with Crippen LogP contribution in [0.15, 0.2) is 72.8 Å². The highest BCUT2D eigenvalue weighted by Gasteiger charge is 2.47. The van der Waals surface area contributed by atoms with Crippen molar-refractivity contribution in [2.75, 3.05) is 51.3 Å². The Bertz CT molecular complexity index is 2320. The minimum atomic E-state index is -1.47. The van der Waals surface area contributed by atoms with Gasteiger partial charge < -0.3 is 61.6 Å². The summed E-state index contributed by atoms with van der Waals surface area (Å²) >= 11 is 0. The smallest absolute Gasteiger partial charge is 0.280 e. The lowest BCUT2D eigenvalue weighted by atomic mass is 9.96. The Hall–Kier alpha value is -6.36. The second-order valence-corrected chi connectivity index (χ2v) is 15.7. The van der Waals surface area contributed by atoms with E-state index < -0.39 is 84.5 Å². The zero-order chi connectivity index (χ0) is 46.5. The fourth-order valence-electron chi connectivity index (χ4n) is 8.01. The molecule has 4 aromatic rings. The van der Waals surface area contributed by atoms with Gasteiger partial charge in [-0.25, -0.2) is 4.98 Å². The first-order chi connectivity index (χ1) is 31.4. The predicted octanol–water partition coefficient (Wildman–Crippen LogP) is 0.340. The lowest BCUT2D eigenvalue weighted by molar-refractivity contribution is -0.383. The summed E-state index contributed by atoms with van der Waals surface area (Å²) < 4.78 is 17.7. The Kier molecular flexibility index (Phi) is 17.0. The molecule has 5 amide bonds. The van der Waals surface area contributed by atoms with E-state index in [1.807, 2.05) is 54.6 Å². The number of aliphatic hydroxyl groups excluding tert-OH is 2. The maximum absolute atomic E-state index is 13.6. The van der Waals surface area contributed by atoms with Gasteiger partial charge in [0.2, 0.25) is 29.5 Å². The van der Waals surface area contributed by atoms with Crippen LogP contribution in [0.25, 0.3) is 21.8 Å². The van der Waals surface area contributed by atoms with Crippen molar-refractivity contribution < 1.29 is 53.3 Å². The number of hydrogen-bond acceptors (Lipinski definition) is 15. The van der Waals surface area contributed by atoms with Gasteiger partial charge in [0.25, 0.3) is 5.69 Å². The predicted molar refractivity (Wildman–Crippen MR) is 236 cm³/mol. The molecule has 3 heterocycles. The van der Waals surface area contributed by atoms with Gasteiger partial charge in [0.1, 0.15) is 48.4 Å². The van der Waals surface area contributed by atoms with Crippen molar-refractivity contribution in [1.29, 1.82) is 0 Å². The summed E-state index contributed by atoms with van der Waals surface area (Å²) in [5.41, 5.74) is 8.15. The Morgan fingerprint density at radius 3 is 2.46 bits per heavy atom. The number of anilines is 1. The normalized spacial score (nSPS) is 21.1. The average Bonchev–Trinajstić information content (AvgIpc) is 3.80. The minimum Gasteiger partial charge on any atom is -0.394 e. The van der Waals surface area contributed by atoms with Crippen LogP contribution in [-0.2, 0) is 44.8 Å². The van der Waals surface area contributed by atoms with E-state index >= 15 is 0 Å². The van der Waals surface area contributed by atoms with Gasteiger partial charge in [-0.1, -0.05) is 54.6 Å². The van der Waals surface area contributed by atoms with Crippen LogP contribution in [0, 0.1) is 10.1 Å². The molecule has 3 aromatic carbocycles. The molecule has 0 aliphatic carbocycles. The van der Waals surface area contributed by atoms with Crippen LogP contribution in [0.2, 0.25) is 0 Å². The van der Waals surface area contributed by atoms with E-state index in [1.54, 1.807) is 12.1 Å². The summed E-state index contributed by atoms with van der Waals surface area (Å²) in [4.78, 5) is 81.7. The largest absolute Gasteiger partial charge is 0.394 e. The number of aliphatic hydroxyl groups is 2. The number of non-ortho nitro benzene ring substituents is 1. The maximum atomic E-state index is 13.6. The van der Waals surface area contributed by atoms with Gasteiger partial charge in [-0.2, -0.15) is 0 Å². The zero-order valence-electron chi connectivity index (χ0n) is 35.9. The van der Waals surface area contributed by atoms with E-state index in [0.29, 0.717) is 48.2 Å². The minimum absolute atomic E-state index is 0.0553. The summed E-state index contributed by atoms with van der Waals surface area (Å²) in [5, 5.41) is 48.6. The number of likely N-dealkylation sites (tertiary alicyclic amines) is 1. The van der Waals surface area contributed by atoms with Crippen molar-refractivity contribution >= 4 is 62.7 Å². The number of rotatable bonds is 22. The van der Waals surface area contributed by atoms with E-state index in [1.165, 1.54) is 17.9 Å². The molecule has 21 heteroatoms. The van der Waals surface area contributed by atoms with Crippen LogP contribution in [0.5, 0.6) is 0 Å². The Balaban J connectivity index is 0.948. The highest BCUT2D eigenvalue weighted by molar-refractivity contribution is 6.11. The van der Waals surface area contributed by atoms with Gasteiger partial charge in [0.15, 0.2) is 6.29 Å². The molecule has 0 spiro atoms. The monoisotopic (exact) mass is 901 g/mol. The molecule has 65 heavy (non-hydrogen) atoms. The average molecular weight is 902 g/mol. The number of nitro benzene ring substituents is 1. The number of carbonyl (C=O) groups is 5. The number of nitrogens with zero attached hydrogens (tertiary/aromatic N) is 3. The number of hydrogen-bond donors (Lipinski definition) is 8. The van der Waals surface area contributed by atoms with E-state index in [-0.39, 0.29) is 50.6 Å². The molecule has 7 unspecified atom stereocenters. The van der Waals surface area contributed by atoms with Gasteiger partial charge in [-0.05, 0) is 37.0 Å². The van der Waals surface area contributed by atoms with Gasteiger partial charge in [-0.15, -0.1) is 0 Å². The van der Waals surface area contributed by atoms with Gasteiger partial charge in [0.05, 0.1) is 34.9 Å². The van der Waals surface area contributed by atoms with Crippen LogP contribution in [0.3, 0.4) is 0 Å². The maximum Gasteiger partial charge on any atom is 0.280 e. The molecule has 0 saturated carbocycles. The molecular formula is C44H55N9O12. The number of para-hydroxylation sites is 1. The van der Waals surface area contributed by atoms with Crippen molar-refractivity contribution in [3.05, 3.63) is 88.5 Å². The summed E-state index contributed by atoms with van der Waals surface area (Å²) in [7, 11) is 0. The number of nitro groups is 1. The molecular weight excluding hydrogens is 847 g/mol. The summed E-state index contributed by atoms with van der Waals surface area (Å²) in [6, 6.07) is 18.0. The SMILES string of the molecule is CC(=O)NC1C(OCc2ccccc2)OC(CO)C(O)C1OCC(=O)N1CCCC1C(=O)NC(CCC(=O)NCCNCCNc1c2ccccc2nc2cccc([N+](=O)[O-])c12)C(N)=O. The summed E-state index contributed by atoms with van der Waals surface area (Å²) in [6.45, 7) is 1.82. The number of fused-ring (bicyclic) bond motifs is 2. The van der Waals surface area contributed by atoms with Gasteiger partial charge in [-0.3, -0.25) is 34.1 Å². The number of aromatic nitrogens is 1. The number of benzene rings is 3. The van der Waals surface area contributed by atoms with Gasteiger partial charge in [0, 0.05) is 57.5 Å². The first kappa shape index (κ1) is 48.1. The van der Waals surface area contributed by atoms with E-state index in [2.05, 4.69) is 31.6 Å². The number of primary amides is 1. The second kappa shape index (κ2) is 23.0. The van der Waals surface area contributed by atoms with Crippen molar-refractivity contribution in [2.24, 2.45) is 5.73 Å². The highest BCUT2D eigenvalue weighted by atomic mass is 16.7. The molecule has 2 fully saturated rings. The number of amides is 5. The van der Waals surface area contributed by atoms with Crippen LogP contribution in [-0.4, -0.2) is 143 Å². The molecule has 7 atom stereocenters. The van der Waals surface area contributed by atoms with Crippen LogP contribution < -0.4 is 32.3 Å². The zero-order valence-corrected chi connectivity index (χ0v) is 35.9. The van der Waals surface area contributed by atoms with E-state index in [4.69, 9.17) is 19.9 Å². The number of ether oxygens (including phenoxy) is 3. The quantitative estimate of drug-likeness (QED) is 0.0228. The van der Waals surface area contributed by atoms with Gasteiger partial charge >= 0.3 is 0 Å². The standard InChI is InChI=1S/C44H55N9O12/c1-26(55)49-39-41(40(58)34(23-54)65-44(39)64-24-27-9-3-2-4-10-27)63-25-36(57)52-22-8-15-33(52)43(60)51-31(42(45)59)16-17-35(56)47-20-18-46-19-21-48-38-28-11-5-6-12-29(28)50-30-13-7-14-32(37(30)38)53(61)62/h2-7,9-14,31,33-34,39-41,44,46,54,58H,8,15-25H2,1H3,(H2,45,59)(H,47,56)(H,48,50)(H,49,55)(H,51,60). The molecule has 2 aliphatic heterocycles. The van der Waals surface area contributed by atoms with E-state index in [9.17, 15) is 44.3 Å². The number of nitrogens with two attached hydrogens (primary N) is 1. The number of carbonyl (C=O) groups excluding carboxylic acids is 5. The highest BCUT2D eigenvalue weighted by Crippen LogP contribution is 2.36. The topological polar surface area (TPSA) is 299 Å². The molecule has 9 N–H and O–H groups in total. The first-order valence-electron chi connectivity index (χ1n) is 21.4. The van der Waals surface area contributed by atoms with Crippen LogP contribution in [0.1, 0.15) is 38.2 Å². The van der Waals surface area contributed by atoms with Crippen LogP contribution in [0.4, 0.5) is 11.4 Å². The number of nitrogens with one attached hydrogen (secondary N) is 5. The van der Waals surface area contributed by atoms with Crippen molar-refractivity contribution in [3.8, 4) is 0 Å². The van der Waals surface area contributed by atoms with E-state index in [0.717, 1.165) is 10.9 Å². The molecule has 21 nitrogen and oxygen atoms in total. The molecule has 2 aliphatic rings. The molecule has 1 aromatic heterocycles. The number of pyridine rings is 1. The summed E-state index contributed by atoms with van der Waals surface area (Å²) in [5.74, 6) is -2.98. The molecule has 0 radical (unpaired) electrons. The molecule has 2 saturated heterocycles. The third kappa shape index (κ3) is 12.5. The fraction of sp³-hybridized carbons (Fsp3) is 0.455. The fourth-order valence-corrected chi connectivity index (χ4v) is 8.01. The van der Waals surface area contributed by atoms with Crippen molar-refractivity contribution in [2.45, 2.75) is 81.9 Å². The third-order valence-corrected chi connectivity index (χ3v) is 11.2. The van der Waals surface area contributed by atoms with Crippen LogP contribution >= 0.6 is 0 Å². The second-order valence-electron chi connectivity index (χ2n) is 15.7. The summed E-state index contributed by atoms with van der Waals surface area (Å²) in [6.07, 6.45) is -4.55. The Morgan fingerprint density at radius 1 is 0.985 bits per heavy atom. The molecule has 6 rings (SSSR count). The first-order valence-corrected chi connectivity index (χ1v) is 21.4. The molecule has 348 valence electrons.